The highest BCUT2D eigenvalue weighted by Crippen LogP contribution is 2.27. The smallest absolute Gasteiger partial charge is 0.267 e. The van der Waals surface area contributed by atoms with E-state index in [-0.39, 0.29) is 17.6 Å². The fraction of sp³-hybridized carbons (Fsp3) is 0.227. The Morgan fingerprint density at radius 3 is 2.59 bits per heavy atom. The SMILES string of the molecule is O=C(/C=C/c1cccc(/C=C/C(=O)N2CCCC(c3cccc(F)c3)C2)n1)NO. The monoisotopic (exact) mass is 395 g/mol. The molecule has 0 spiro atoms. The minimum absolute atomic E-state index is 0.117. The van der Waals surface area contributed by atoms with Crippen LogP contribution in [-0.2, 0) is 9.59 Å². The summed E-state index contributed by atoms with van der Waals surface area (Å²) in [6.07, 6.45) is 7.50. The number of carbonyl (C=O) groups is 2. The highest BCUT2D eigenvalue weighted by molar-refractivity contribution is 5.92. The zero-order chi connectivity index (χ0) is 20.6. The molecule has 0 saturated carbocycles. The molecule has 1 aromatic heterocycles. The Hall–Kier alpha value is -3.32. The lowest BCUT2D eigenvalue weighted by molar-refractivity contribution is -0.127. The molecule has 1 saturated heterocycles. The number of halogens is 1. The minimum atomic E-state index is -0.652. The molecular weight excluding hydrogens is 373 g/mol. The van der Waals surface area contributed by atoms with Crippen LogP contribution >= 0.6 is 0 Å². The molecule has 1 aliphatic rings. The first-order chi connectivity index (χ1) is 14.0. The molecule has 2 N–H and O–H groups in total. The Balaban J connectivity index is 1.64. The van der Waals surface area contributed by atoms with Crippen LogP contribution in [0.4, 0.5) is 4.39 Å². The van der Waals surface area contributed by atoms with Gasteiger partial charge in [-0.05, 0) is 54.8 Å². The van der Waals surface area contributed by atoms with Crippen LogP contribution in [0.25, 0.3) is 12.2 Å². The van der Waals surface area contributed by atoms with Crippen molar-refractivity contribution < 1.29 is 19.2 Å². The van der Waals surface area contributed by atoms with Gasteiger partial charge in [-0.2, -0.15) is 0 Å². The van der Waals surface area contributed by atoms with Gasteiger partial charge < -0.3 is 4.90 Å². The van der Waals surface area contributed by atoms with Crippen LogP contribution < -0.4 is 5.48 Å². The molecule has 0 bridgehead atoms. The number of hydrogen-bond acceptors (Lipinski definition) is 4. The van der Waals surface area contributed by atoms with Crippen molar-refractivity contribution in [2.75, 3.05) is 13.1 Å². The van der Waals surface area contributed by atoms with Crippen LogP contribution in [0.3, 0.4) is 0 Å². The number of pyridine rings is 1. The van der Waals surface area contributed by atoms with Gasteiger partial charge in [-0.3, -0.25) is 14.8 Å². The van der Waals surface area contributed by atoms with Gasteiger partial charge in [0.1, 0.15) is 5.82 Å². The molecule has 0 radical (unpaired) electrons. The lowest BCUT2D eigenvalue weighted by Gasteiger charge is -2.32. The summed E-state index contributed by atoms with van der Waals surface area (Å²) in [5.74, 6) is -0.905. The standard InChI is InChI=1S/C22H22FN3O3/c23-18-6-1-4-16(14-18)17-5-3-13-26(15-17)22(28)12-10-20-8-2-7-19(24-20)9-11-21(27)25-29/h1-2,4,6-12,14,17,29H,3,5,13,15H2,(H,25,27)/b11-9+,12-10+. The second-order valence-electron chi connectivity index (χ2n) is 6.81. The number of benzene rings is 1. The number of hydrogen-bond donors (Lipinski definition) is 2. The van der Waals surface area contributed by atoms with Gasteiger partial charge in [-0.15, -0.1) is 0 Å². The third kappa shape index (κ3) is 5.83. The van der Waals surface area contributed by atoms with E-state index in [4.69, 9.17) is 5.21 Å². The predicted octanol–water partition coefficient (Wildman–Crippen LogP) is 3.16. The van der Waals surface area contributed by atoms with E-state index < -0.39 is 5.91 Å². The number of nitrogens with zero attached hydrogens (tertiary/aromatic N) is 2. The summed E-state index contributed by atoms with van der Waals surface area (Å²) in [5.41, 5.74) is 3.52. The summed E-state index contributed by atoms with van der Waals surface area (Å²) in [6.45, 7) is 1.22. The zero-order valence-electron chi connectivity index (χ0n) is 15.8. The van der Waals surface area contributed by atoms with Crippen molar-refractivity contribution in [3.63, 3.8) is 0 Å². The van der Waals surface area contributed by atoms with Gasteiger partial charge in [-0.25, -0.2) is 14.9 Å². The van der Waals surface area contributed by atoms with Crippen LogP contribution in [0, 0.1) is 5.82 Å². The lowest BCUT2D eigenvalue weighted by Crippen LogP contribution is -2.38. The van der Waals surface area contributed by atoms with Gasteiger partial charge in [-0.1, -0.05) is 18.2 Å². The first-order valence-corrected chi connectivity index (χ1v) is 9.37. The van der Waals surface area contributed by atoms with E-state index in [9.17, 15) is 14.0 Å². The van der Waals surface area contributed by atoms with E-state index in [2.05, 4.69) is 4.98 Å². The summed E-state index contributed by atoms with van der Waals surface area (Å²) in [5, 5.41) is 8.50. The summed E-state index contributed by atoms with van der Waals surface area (Å²) >= 11 is 0. The highest BCUT2D eigenvalue weighted by atomic mass is 19.1. The lowest BCUT2D eigenvalue weighted by atomic mass is 9.90. The van der Waals surface area contributed by atoms with Crippen molar-refractivity contribution in [1.82, 2.24) is 15.4 Å². The number of piperidine rings is 1. The quantitative estimate of drug-likeness (QED) is 0.463. The Morgan fingerprint density at radius 2 is 1.86 bits per heavy atom. The third-order valence-electron chi connectivity index (χ3n) is 4.76. The summed E-state index contributed by atoms with van der Waals surface area (Å²) < 4.78 is 13.5. The first-order valence-electron chi connectivity index (χ1n) is 9.37. The van der Waals surface area contributed by atoms with Crippen LogP contribution in [0.15, 0.2) is 54.6 Å². The maximum absolute atomic E-state index is 13.5. The van der Waals surface area contributed by atoms with E-state index in [0.29, 0.717) is 24.5 Å². The molecule has 6 nitrogen and oxygen atoms in total. The van der Waals surface area contributed by atoms with Crippen LogP contribution in [-0.4, -0.2) is 40.0 Å². The number of hydroxylamine groups is 1. The van der Waals surface area contributed by atoms with E-state index in [0.717, 1.165) is 24.5 Å². The molecular formula is C22H22FN3O3. The molecule has 7 heteroatoms. The molecule has 2 heterocycles. The van der Waals surface area contributed by atoms with Crippen molar-refractivity contribution in [3.05, 3.63) is 77.4 Å². The Labute approximate surface area is 168 Å². The molecule has 0 aliphatic carbocycles. The average Bonchev–Trinajstić information content (AvgIpc) is 2.76. The second kappa shape index (κ2) is 9.75. The topological polar surface area (TPSA) is 82.5 Å². The molecule has 1 aromatic carbocycles. The average molecular weight is 395 g/mol. The number of aromatic nitrogens is 1. The maximum Gasteiger partial charge on any atom is 0.267 e. The van der Waals surface area contributed by atoms with Gasteiger partial charge in [0.15, 0.2) is 0 Å². The van der Waals surface area contributed by atoms with Crippen molar-refractivity contribution in [1.29, 1.82) is 0 Å². The molecule has 1 fully saturated rings. The number of carbonyl (C=O) groups excluding carboxylic acids is 2. The fourth-order valence-electron chi connectivity index (χ4n) is 3.32. The Kier molecular flexibility index (Phi) is 6.86. The number of rotatable bonds is 5. The van der Waals surface area contributed by atoms with E-state index in [1.807, 2.05) is 6.07 Å². The van der Waals surface area contributed by atoms with Crippen LogP contribution in [0.1, 0.15) is 35.7 Å². The van der Waals surface area contributed by atoms with Crippen molar-refractivity contribution in [2.24, 2.45) is 0 Å². The second-order valence-corrected chi connectivity index (χ2v) is 6.81. The van der Waals surface area contributed by atoms with Gasteiger partial charge >= 0.3 is 0 Å². The summed E-state index contributed by atoms with van der Waals surface area (Å²) in [6, 6.07) is 11.8. The molecule has 150 valence electrons. The van der Waals surface area contributed by atoms with Crippen molar-refractivity contribution >= 4 is 24.0 Å². The van der Waals surface area contributed by atoms with E-state index in [1.54, 1.807) is 35.2 Å². The minimum Gasteiger partial charge on any atom is -0.339 e. The number of likely N-dealkylation sites (tertiary alicyclic amines) is 1. The van der Waals surface area contributed by atoms with Gasteiger partial charge in [0.2, 0.25) is 5.91 Å². The third-order valence-corrected chi connectivity index (χ3v) is 4.76. The van der Waals surface area contributed by atoms with Crippen LogP contribution in [0.5, 0.6) is 0 Å². The van der Waals surface area contributed by atoms with Gasteiger partial charge in [0, 0.05) is 31.2 Å². The molecule has 1 aliphatic heterocycles. The van der Waals surface area contributed by atoms with Crippen LogP contribution in [0.2, 0.25) is 0 Å². The molecule has 2 amide bonds. The maximum atomic E-state index is 13.5. The Morgan fingerprint density at radius 1 is 1.14 bits per heavy atom. The fourth-order valence-corrected chi connectivity index (χ4v) is 3.32. The molecule has 3 rings (SSSR count). The van der Waals surface area contributed by atoms with E-state index >= 15 is 0 Å². The highest BCUT2D eigenvalue weighted by Gasteiger charge is 2.23. The first kappa shape index (κ1) is 20.4. The van der Waals surface area contributed by atoms with Gasteiger partial charge in [0.25, 0.3) is 5.91 Å². The number of amides is 2. The molecule has 2 aromatic rings. The number of nitrogens with one attached hydrogen (secondary N) is 1. The van der Waals surface area contributed by atoms with E-state index in [1.165, 1.54) is 29.8 Å². The largest absolute Gasteiger partial charge is 0.339 e. The van der Waals surface area contributed by atoms with Crippen molar-refractivity contribution in [2.45, 2.75) is 18.8 Å². The molecule has 1 unspecified atom stereocenters. The zero-order valence-corrected chi connectivity index (χ0v) is 15.8. The Bertz CT molecular complexity index is 942. The van der Waals surface area contributed by atoms with Crippen molar-refractivity contribution in [3.8, 4) is 0 Å². The predicted molar refractivity (Wildman–Crippen MR) is 107 cm³/mol. The molecule has 1 atom stereocenters. The summed E-state index contributed by atoms with van der Waals surface area (Å²) in [7, 11) is 0. The normalized spacial score (nSPS) is 17.0. The molecule has 29 heavy (non-hydrogen) atoms. The summed E-state index contributed by atoms with van der Waals surface area (Å²) in [4.78, 5) is 29.7. The van der Waals surface area contributed by atoms with Gasteiger partial charge in [0.05, 0.1) is 11.4 Å².